The van der Waals surface area contributed by atoms with E-state index in [4.69, 9.17) is 23.2 Å². The van der Waals surface area contributed by atoms with E-state index < -0.39 is 0 Å². The number of nitrogens with zero attached hydrogens (tertiary/aromatic N) is 1. The number of hydrogen-bond donors (Lipinski definition) is 1. The van der Waals surface area contributed by atoms with E-state index in [9.17, 15) is 4.79 Å². The molecule has 0 bridgehead atoms. The first kappa shape index (κ1) is 16.0. The molecule has 0 fully saturated rings. The molecule has 0 atom stereocenters. The molecule has 23 heavy (non-hydrogen) atoms. The van der Waals surface area contributed by atoms with Gasteiger partial charge in [0.25, 0.3) is 5.91 Å². The van der Waals surface area contributed by atoms with Crippen molar-refractivity contribution in [2.24, 2.45) is 0 Å². The molecule has 1 aromatic heterocycles. The van der Waals surface area contributed by atoms with Crippen LogP contribution in [0.15, 0.2) is 47.8 Å². The van der Waals surface area contributed by atoms with E-state index in [1.165, 1.54) is 11.3 Å². The third kappa shape index (κ3) is 3.72. The van der Waals surface area contributed by atoms with Gasteiger partial charge in [0, 0.05) is 16.0 Å². The van der Waals surface area contributed by atoms with Crippen LogP contribution in [0.2, 0.25) is 10.0 Å². The minimum Gasteiger partial charge on any atom is -0.298 e. The fourth-order valence-electron chi connectivity index (χ4n) is 2.05. The van der Waals surface area contributed by atoms with Crippen LogP contribution in [0.5, 0.6) is 0 Å². The first-order chi connectivity index (χ1) is 11.0. The van der Waals surface area contributed by atoms with Gasteiger partial charge in [-0.05, 0) is 36.8 Å². The summed E-state index contributed by atoms with van der Waals surface area (Å²) in [7, 11) is 0. The van der Waals surface area contributed by atoms with Gasteiger partial charge in [0.2, 0.25) is 0 Å². The van der Waals surface area contributed by atoms with Crippen LogP contribution in [-0.2, 0) is 0 Å². The molecule has 116 valence electrons. The second-order valence-corrected chi connectivity index (χ2v) is 6.68. The summed E-state index contributed by atoms with van der Waals surface area (Å²) in [6, 6.07) is 12.7. The Labute approximate surface area is 147 Å². The molecule has 0 aliphatic carbocycles. The third-order valence-corrected chi connectivity index (χ3v) is 4.56. The third-order valence-electron chi connectivity index (χ3n) is 3.23. The monoisotopic (exact) mass is 362 g/mol. The molecule has 1 N–H and O–H groups in total. The molecule has 0 unspecified atom stereocenters. The van der Waals surface area contributed by atoms with Gasteiger partial charge in [0.1, 0.15) is 0 Å². The summed E-state index contributed by atoms with van der Waals surface area (Å²) in [6.45, 7) is 1.92. The van der Waals surface area contributed by atoms with E-state index in [0.717, 1.165) is 16.8 Å². The molecule has 0 saturated heterocycles. The molecule has 3 nitrogen and oxygen atoms in total. The number of carbonyl (C=O) groups is 1. The van der Waals surface area contributed by atoms with Gasteiger partial charge in [-0.15, -0.1) is 11.3 Å². The van der Waals surface area contributed by atoms with Crippen LogP contribution in [0, 0.1) is 6.92 Å². The number of benzene rings is 2. The normalized spacial score (nSPS) is 10.6. The molecule has 0 saturated carbocycles. The number of amides is 1. The van der Waals surface area contributed by atoms with Crippen LogP contribution in [0.1, 0.15) is 15.9 Å². The van der Waals surface area contributed by atoms with Crippen LogP contribution in [-0.4, -0.2) is 10.9 Å². The van der Waals surface area contributed by atoms with Gasteiger partial charge >= 0.3 is 0 Å². The average molecular weight is 363 g/mol. The number of halogens is 2. The summed E-state index contributed by atoms with van der Waals surface area (Å²) >= 11 is 13.4. The molecule has 0 radical (unpaired) electrons. The number of nitrogens with one attached hydrogen (secondary N) is 1. The molecule has 1 amide bonds. The Balaban J connectivity index is 1.78. The molecular formula is C17H12Cl2N2OS. The first-order valence-corrected chi connectivity index (χ1v) is 8.45. The Hall–Kier alpha value is -1.88. The van der Waals surface area contributed by atoms with Gasteiger partial charge < -0.3 is 0 Å². The van der Waals surface area contributed by atoms with Gasteiger partial charge in [-0.3, -0.25) is 10.1 Å². The number of anilines is 1. The standard InChI is InChI=1S/C17H12Cl2N2OS/c1-10-2-7-13(14(19)8-10)16(22)21-17-20-15(9-23-17)11-3-5-12(18)6-4-11/h2-9H,1H3,(H,20,21,22). The lowest BCUT2D eigenvalue weighted by Crippen LogP contribution is -2.12. The summed E-state index contributed by atoms with van der Waals surface area (Å²) in [4.78, 5) is 16.7. The maximum absolute atomic E-state index is 12.3. The molecule has 0 aliphatic heterocycles. The maximum Gasteiger partial charge on any atom is 0.258 e. The Morgan fingerprint density at radius 1 is 1.13 bits per heavy atom. The zero-order valence-electron chi connectivity index (χ0n) is 12.1. The fourth-order valence-corrected chi connectivity index (χ4v) is 3.21. The SMILES string of the molecule is Cc1ccc(C(=O)Nc2nc(-c3ccc(Cl)cc3)cs2)c(Cl)c1. The van der Waals surface area contributed by atoms with Crippen LogP contribution in [0.25, 0.3) is 11.3 Å². The Morgan fingerprint density at radius 2 is 1.87 bits per heavy atom. The summed E-state index contributed by atoms with van der Waals surface area (Å²) in [5.41, 5.74) is 3.17. The highest BCUT2D eigenvalue weighted by Crippen LogP contribution is 2.27. The smallest absolute Gasteiger partial charge is 0.258 e. The Kier molecular flexibility index (Phi) is 4.66. The van der Waals surface area contributed by atoms with Crippen LogP contribution in [0.4, 0.5) is 5.13 Å². The van der Waals surface area contributed by atoms with E-state index in [1.54, 1.807) is 24.3 Å². The lowest BCUT2D eigenvalue weighted by Gasteiger charge is -2.04. The van der Waals surface area contributed by atoms with Crippen molar-refractivity contribution in [2.45, 2.75) is 6.92 Å². The highest BCUT2D eigenvalue weighted by Gasteiger charge is 2.13. The van der Waals surface area contributed by atoms with Crippen molar-refractivity contribution >= 4 is 45.6 Å². The zero-order chi connectivity index (χ0) is 16.4. The van der Waals surface area contributed by atoms with E-state index in [0.29, 0.717) is 20.7 Å². The molecule has 6 heteroatoms. The lowest BCUT2D eigenvalue weighted by molar-refractivity contribution is 0.102. The van der Waals surface area contributed by atoms with Crippen molar-refractivity contribution in [3.8, 4) is 11.3 Å². The van der Waals surface area contributed by atoms with Crippen LogP contribution in [0.3, 0.4) is 0 Å². The molecule has 2 aromatic carbocycles. The van der Waals surface area contributed by atoms with Gasteiger partial charge in [0.05, 0.1) is 16.3 Å². The van der Waals surface area contributed by atoms with Crippen molar-refractivity contribution in [2.75, 3.05) is 5.32 Å². The van der Waals surface area contributed by atoms with Crippen LogP contribution >= 0.6 is 34.5 Å². The van der Waals surface area contributed by atoms with E-state index in [-0.39, 0.29) is 5.91 Å². The van der Waals surface area contributed by atoms with Gasteiger partial charge in [-0.1, -0.05) is 41.4 Å². The summed E-state index contributed by atoms with van der Waals surface area (Å²) < 4.78 is 0. The summed E-state index contributed by atoms with van der Waals surface area (Å²) in [5.74, 6) is -0.271. The minimum absolute atomic E-state index is 0.271. The molecule has 3 aromatic rings. The topological polar surface area (TPSA) is 42.0 Å². The quantitative estimate of drug-likeness (QED) is 0.651. The summed E-state index contributed by atoms with van der Waals surface area (Å²) in [5, 5.41) is 6.29. The predicted octanol–water partition coefficient (Wildman–Crippen LogP) is 5.68. The average Bonchev–Trinajstić information content (AvgIpc) is 2.96. The Morgan fingerprint density at radius 3 is 2.57 bits per heavy atom. The first-order valence-electron chi connectivity index (χ1n) is 6.82. The van der Waals surface area contributed by atoms with Crippen molar-refractivity contribution in [1.82, 2.24) is 4.98 Å². The van der Waals surface area contributed by atoms with E-state index >= 15 is 0 Å². The molecule has 0 aliphatic rings. The van der Waals surface area contributed by atoms with Crippen LogP contribution < -0.4 is 5.32 Å². The van der Waals surface area contributed by atoms with Gasteiger partial charge in [0.15, 0.2) is 5.13 Å². The summed E-state index contributed by atoms with van der Waals surface area (Å²) in [6.07, 6.45) is 0. The predicted molar refractivity (Wildman–Crippen MR) is 96.7 cm³/mol. The van der Waals surface area contributed by atoms with Gasteiger partial charge in [-0.25, -0.2) is 4.98 Å². The highest BCUT2D eigenvalue weighted by atomic mass is 35.5. The fraction of sp³-hybridized carbons (Fsp3) is 0.0588. The zero-order valence-corrected chi connectivity index (χ0v) is 14.5. The number of thiazole rings is 1. The van der Waals surface area contributed by atoms with E-state index in [1.807, 2.05) is 30.5 Å². The number of hydrogen-bond acceptors (Lipinski definition) is 3. The number of carbonyl (C=O) groups excluding carboxylic acids is 1. The molecule has 3 rings (SSSR count). The van der Waals surface area contributed by atoms with Gasteiger partial charge in [-0.2, -0.15) is 0 Å². The van der Waals surface area contributed by atoms with Crippen molar-refractivity contribution in [3.63, 3.8) is 0 Å². The second-order valence-electron chi connectivity index (χ2n) is 4.98. The molecule has 1 heterocycles. The highest BCUT2D eigenvalue weighted by molar-refractivity contribution is 7.14. The molecule has 0 spiro atoms. The maximum atomic E-state index is 12.3. The van der Waals surface area contributed by atoms with Crippen molar-refractivity contribution in [3.05, 3.63) is 69.0 Å². The number of rotatable bonds is 3. The second kappa shape index (κ2) is 6.71. The molecular weight excluding hydrogens is 351 g/mol. The number of aromatic nitrogens is 1. The minimum atomic E-state index is -0.271. The van der Waals surface area contributed by atoms with E-state index in [2.05, 4.69) is 10.3 Å². The Bertz CT molecular complexity index is 859. The largest absolute Gasteiger partial charge is 0.298 e. The van der Waals surface area contributed by atoms with Crippen molar-refractivity contribution < 1.29 is 4.79 Å². The van der Waals surface area contributed by atoms with Crippen molar-refractivity contribution in [1.29, 1.82) is 0 Å². The lowest BCUT2D eigenvalue weighted by atomic mass is 10.1. The number of aryl methyl sites for hydroxylation is 1.